The Bertz CT molecular complexity index is 1150. The van der Waals surface area contributed by atoms with Gasteiger partial charge in [0.1, 0.15) is 5.54 Å². The topological polar surface area (TPSA) is 108 Å². The van der Waals surface area contributed by atoms with Crippen LogP contribution in [0.4, 0.5) is 5.69 Å². The van der Waals surface area contributed by atoms with Crippen LogP contribution in [0.5, 0.6) is 0 Å². The Morgan fingerprint density at radius 2 is 1.77 bits per heavy atom. The molecule has 9 nitrogen and oxygen atoms in total. The summed E-state index contributed by atoms with van der Waals surface area (Å²) in [6.07, 6.45) is 0.360. The Morgan fingerprint density at radius 1 is 1.06 bits per heavy atom. The van der Waals surface area contributed by atoms with Gasteiger partial charge in [0.2, 0.25) is 5.91 Å². The Labute approximate surface area is 215 Å². The van der Waals surface area contributed by atoms with Crippen LogP contribution in [0.1, 0.15) is 38.9 Å². The molecule has 4 rings (SSSR count). The van der Waals surface area contributed by atoms with Crippen molar-refractivity contribution < 1.29 is 23.9 Å². The average molecular weight is 563 g/mol. The van der Waals surface area contributed by atoms with Gasteiger partial charge in [-0.3, -0.25) is 19.2 Å². The van der Waals surface area contributed by atoms with Gasteiger partial charge in [0.05, 0.1) is 15.3 Å². The smallest absolute Gasteiger partial charge is 0.262 e. The van der Waals surface area contributed by atoms with Crippen molar-refractivity contribution >= 4 is 56.6 Å². The first kappa shape index (κ1) is 25.3. The van der Waals surface area contributed by atoms with Crippen LogP contribution in [0.2, 0.25) is 0 Å². The van der Waals surface area contributed by atoms with E-state index >= 15 is 0 Å². The number of amides is 4. The summed E-state index contributed by atoms with van der Waals surface area (Å²) in [5.74, 6) is -0.780. The molecule has 186 valence electrons. The van der Waals surface area contributed by atoms with Gasteiger partial charge in [-0.25, -0.2) is 0 Å². The zero-order valence-electron chi connectivity index (χ0n) is 19.6. The monoisotopic (exact) mass is 562 g/mol. The molecule has 0 spiro atoms. The second-order valence-corrected chi connectivity index (χ2v) is 11.2. The number of nitrogens with zero attached hydrogens (tertiary/aromatic N) is 2. The fourth-order valence-electron chi connectivity index (χ4n) is 4.24. The molecule has 2 fully saturated rings. The van der Waals surface area contributed by atoms with Crippen LogP contribution in [-0.2, 0) is 14.3 Å². The lowest BCUT2D eigenvalue weighted by Crippen LogP contribution is -2.57. The van der Waals surface area contributed by atoms with Gasteiger partial charge in [-0.15, -0.1) is 11.3 Å². The normalized spacial score (nSPS) is 20.0. The number of piperazine rings is 1. The lowest BCUT2D eigenvalue weighted by atomic mass is 9.96. The molecular formula is C24H27BrN4O5S. The number of ether oxygens (including phenoxy) is 1. The molecule has 1 atom stereocenters. The van der Waals surface area contributed by atoms with Crippen LogP contribution in [-0.4, -0.2) is 78.4 Å². The zero-order chi connectivity index (χ0) is 25.2. The number of carbonyl (C=O) groups excluding carboxylic acids is 4. The summed E-state index contributed by atoms with van der Waals surface area (Å²) in [6.45, 7) is 5.81. The molecule has 0 aliphatic carbocycles. The van der Waals surface area contributed by atoms with E-state index in [-0.39, 0.29) is 30.2 Å². The van der Waals surface area contributed by atoms with Crippen LogP contribution in [0, 0.1) is 6.92 Å². The standard InChI is InChI=1S/C24H27BrN4O5S/c1-15-13-17(3-4-18(15)22(32)29-10-8-28(9-11-29)16(2)30)26-23(33)24(7-12-34-14-24)27-21(31)19-5-6-20(25)35-19/h3-6,13H,7-12,14H2,1-2H3,(H,26,33)(H,27,31). The molecule has 2 saturated heterocycles. The van der Waals surface area contributed by atoms with Crippen LogP contribution in [0.15, 0.2) is 34.1 Å². The van der Waals surface area contributed by atoms with E-state index in [1.54, 1.807) is 40.1 Å². The first-order chi connectivity index (χ1) is 16.7. The zero-order valence-corrected chi connectivity index (χ0v) is 22.0. The van der Waals surface area contributed by atoms with E-state index in [2.05, 4.69) is 26.6 Å². The minimum Gasteiger partial charge on any atom is -0.378 e. The third kappa shape index (κ3) is 5.57. The molecule has 1 unspecified atom stereocenters. The number of thiophene rings is 1. The lowest BCUT2D eigenvalue weighted by molar-refractivity contribution is -0.130. The number of nitrogens with one attached hydrogen (secondary N) is 2. The molecule has 2 aromatic rings. The summed E-state index contributed by atoms with van der Waals surface area (Å²) in [7, 11) is 0. The number of aryl methyl sites for hydroxylation is 1. The Hall–Kier alpha value is -2.76. The van der Waals surface area contributed by atoms with Crippen molar-refractivity contribution in [1.29, 1.82) is 0 Å². The highest BCUT2D eigenvalue weighted by atomic mass is 79.9. The highest BCUT2D eigenvalue weighted by molar-refractivity contribution is 9.11. The minimum absolute atomic E-state index is 0.0123. The molecule has 2 N–H and O–H groups in total. The molecule has 35 heavy (non-hydrogen) atoms. The Kier molecular flexibility index (Phi) is 7.58. The number of benzene rings is 1. The first-order valence-corrected chi connectivity index (χ1v) is 12.9. The van der Waals surface area contributed by atoms with Gasteiger partial charge in [0.15, 0.2) is 0 Å². The quantitative estimate of drug-likeness (QED) is 0.582. The summed E-state index contributed by atoms with van der Waals surface area (Å²) in [6, 6.07) is 8.62. The van der Waals surface area contributed by atoms with E-state index in [1.165, 1.54) is 18.3 Å². The molecule has 4 amide bonds. The van der Waals surface area contributed by atoms with E-state index in [0.717, 1.165) is 9.35 Å². The van der Waals surface area contributed by atoms with Crippen molar-refractivity contribution in [2.75, 3.05) is 44.7 Å². The van der Waals surface area contributed by atoms with Crippen molar-refractivity contribution in [2.24, 2.45) is 0 Å². The van der Waals surface area contributed by atoms with E-state index in [9.17, 15) is 19.2 Å². The predicted octanol–water partition coefficient (Wildman–Crippen LogP) is 2.65. The number of carbonyl (C=O) groups is 4. The maximum absolute atomic E-state index is 13.3. The highest BCUT2D eigenvalue weighted by Crippen LogP contribution is 2.26. The Balaban J connectivity index is 1.43. The highest BCUT2D eigenvalue weighted by Gasteiger charge is 2.44. The summed E-state index contributed by atoms with van der Waals surface area (Å²) in [5, 5.41) is 5.75. The second kappa shape index (κ2) is 10.5. The molecule has 2 aliphatic heterocycles. The van der Waals surface area contributed by atoms with Crippen molar-refractivity contribution in [3.05, 3.63) is 50.1 Å². The first-order valence-electron chi connectivity index (χ1n) is 11.3. The summed E-state index contributed by atoms with van der Waals surface area (Å²) < 4.78 is 6.30. The molecule has 0 saturated carbocycles. The third-order valence-corrected chi connectivity index (χ3v) is 7.96. The van der Waals surface area contributed by atoms with Crippen LogP contribution in [0.3, 0.4) is 0 Å². The van der Waals surface area contributed by atoms with Crippen molar-refractivity contribution in [1.82, 2.24) is 15.1 Å². The molecule has 0 radical (unpaired) electrons. The van der Waals surface area contributed by atoms with Gasteiger partial charge in [-0.1, -0.05) is 0 Å². The summed E-state index contributed by atoms with van der Waals surface area (Å²) in [5.41, 5.74) is 0.636. The van der Waals surface area contributed by atoms with Crippen molar-refractivity contribution in [3.8, 4) is 0 Å². The van der Waals surface area contributed by atoms with Gasteiger partial charge < -0.3 is 25.2 Å². The fraction of sp³-hybridized carbons (Fsp3) is 0.417. The summed E-state index contributed by atoms with van der Waals surface area (Å²) in [4.78, 5) is 54.5. The number of hydrogen-bond donors (Lipinski definition) is 2. The van der Waals surface area contributed by atoms with Gasteiger partial charge in [0.25, 0.3) is 17.7 Å². The average Bonchev–Trinajstić information content (AvgIpc) is 3.49. The van der Waals surface area contributed by atoms with Crippen molar-refractivity contribution in [2.45, 2.75) is 25.8 Å². The van der Waals surface area contributed by atoms with E-state index < -0.39 is 5.54 Å². The number of rotatable bonds is 5. The van der Waals surface area contributed by atoms with Crippen LogP contribution < -0.4 is 10.6 Å². The molecule has 2 aliphatic rings. The number of anilines is 1. The maximum Gasteiger partial charge on any atom is 0.262 e. The van der Waals surface area contributed by atoms with Crippen LogP contribution in [0.25, 0.3) is 0 Å². The SMILES string of the molecule is CC(=O)N1CCN(C(=O)c2ccc(NC(=O)C3(NC(=O)c4ccc(Br)s4)CCOC3)cc2C)CC1. The van der Waals surface area contributed by atoms with Crippen LogP contribution >= 0.6 is 27.3 Å². The van der Waals surface area contributed by atoms with E-state index in [0.29, 0.717) is 55.3 Å². The predicted molar refractivity (Wildman–Crippen MR) is 136 cm³/mol. The molecule has 1 aromatic carbocycles. The Morgan fingerprint density at radius 3 is 2.34 bits per heavy atom. The largest absolute Gasteiger partial charge is 0.378 e. The summed E-state index contributed by atoms with van der Waals surface area (Å²) >= 11 is 4.64. The second-order valence-electron chi connectivity index (χ2n) is 8.72. The molecule has 3 heterocycles. The van der Waals surface area contributed by atoms with E-state index in [1.807, 2.05) is 6.92 Å². The fourth-order valence-corrected chi connectivity index (χ4v) is 5.52. The van der Waals surface area contributed by atoms with Gasteiger partial charge in [-0.05, 0) is 58.7 Å². The number of hydrogen-bond acceptors (Lipinski definition) is 6. The van der Waals surface area contributed by atoms with E-state index in [4.69, 9.17) is 4.74 Å². The third-order valence-electron chi connectivity index (χ3n) is 6.33. The van der Waals surface area contributed by atoms with Gasteiger partial charge >= 0.3 is 0 Å². The molecule has 1 aromatic heterocycles. The maximum atomic E-state index is 13.3. The minimum atomic E-state index is -1.17. The molecule has 11 heteroatoms. The molecule has 0 bridgehead atoms. The van der Waals surface area contributed by atoms with Gasteiger partial charge in [0, 0.05) is 57.4 Å². The lowest BCUT2D eigenvalue weighted by Gasteiger charge is -2.34. The number of halogens is 1. The van der Waals surface area contributed by atoms with Gasteiger partial charge in [-0.2, -0.15) is 0 Å². The van der Waals surface area contributed by atoms with Crippen molar-refractivity contribution in [3.63, 3.8) is 0 Å². The molecular weight excluding hydrogens is 536 g/mol.